The predicted molar refractivity (Wildman–Crippen MR) is 98.3 cm³/mol. The molecule has 0 aliphatic carbocycles. The quantitative estimate of drug-likeness (QED) is 0.739. The molecule has 0 unspecified atom stereocenters. The van der Waals surface area contributed by atoms with Gasteiger partial charge in [0.2, 0.25) is 11.6 Å². The second-order valence-electron chi connectivity index (χ2n) is 7.19. The van der Waals surface area contributed by atoms with Crippen molar-refractivity contribution in [1.82, 2.24) is 0 Å². The van der Waals surface area contributed by atoms with Crippen LogP contribution in [0.5, 0.6) is 0 Å². The van der Waals surface area contributed by atoms with Gasteiger partial charge in [0.1, 0.15) is 24.4 Å². The third-order valence-corrected chi connectivity index (χ3v) is 5.61. The van der Waals surface area contributed by atoms with Crippen molar-refractivity contribution >= 4 is 0 Å². The molecule has 0 amide bonds. The van der Waals surface area contributed by atoms with Gasteiger partial charge in [-0.3, -0.25) is 0 Å². The highest BCUT2D eigenvalue weighted by Gasteiger charge is 2.62. The molecule has 2 heterocycles. The molecule has 2 aliphatic rings. The highest BCUT2D eigenvalue weighted by atomic mass is 16.8. The molecule has 8 heteroatoms. The minimum Gasteiger partial charge on any atom is -0.394 e. The van der Waals surface area contributed by atoms with Gasteiger partial charge in [-0.1, -0.05) is 30.3 Å². The molecule has 0 bridgehead atoms. The first-order valence-corrected chi connectivity index (χ1v) is 9.32. The summed E-state index contributed by atoms with van der Waals surface area (Å²) >= 11 is 0. The molecule has 1 N–H and O–H groups in total. The Kier molecular flexibility index (Phi) is 6.73. The summed E-state index contributed by atoms with van der Waals surface area (Å²) in [5.74, 6) is -2.41. The van der Waals surface area contributed by atoms with E-state index < -0.39 is 42.3 Å². The summed E-state index contributed by atoms with van der Waals surface area (Å²) in [6, 6.07) is 9.78. The molecule has 8 nitrogen and oxygen atoms in total. The SMILES string of the molecule is CO[C@@H]1O[C@H](CO)[C@H]2O[C@](C)(OC)[C@@](C)(OC)O[C@@H]2[C@@H]1OCc1ccccc1. The van der Waals surface area contributed by atoms with E-state index in [-0.39, 0.29) is 6.61 Å². The lowest BCUT2D eigenvalue weighted by atomic mass is 9.94. The van der Waals surface area contributed by atoms with Crippen molar-refractivity contribution in [2.24, 2.45) is 0 Å². The molecule has 0 saturated carbocycles. The average molecular weight is 398 g/mol. The first-order valence-electron chi connectivity index (χ1n) is 9.32. The first kappa shape index (κ1) is 21.6. The summed E-state index contributed by atoms with van der Waals surface area (Å²) < 4.78 is 41.2. The Morgan fingerprint density at radius 2 is 1.57 bits per heavy atom. The van der Waals surface area contributed by atoms with Crippen molar-refractivity contribution in [3.8, 4) is 0 Å². The maximum absolute atomic E-state index is 9.84. The van der Waals surface area contributed by atoms with Crippen LogP contribution in [0.4, 0.5) is 0 Å². The molecule has 1 aromatic carbocycles. The number of aliphatic hydroxyl groups is 1. The molecule has 2 fully saturated rings. The highest BCUT2D eigenvalue weighted by molar-refractivity contribution is 5.13. The number of benzene rings is 1. The lowest BCUT2D eigenvalue weighted by Gasteiger charge is -2.57. The predicted octanol–water partition coefficient (Wildman–Crippen LogP) is 1.44. The normalized spacial score (nSPS) is 40.9. The van der Waals surface area contributed by atoms with E-state index in [4.69, 9.17) is 33.2 Å². The van der Waals surface area contributed by atoms with Crippen LogP contribution in [0.25, 0.3) is 0 Å². The Bertz CT molecular complexity index is 628. The summed E-state index contributed by atoms with van der Waals surface area (Å²) in [5.41, 5.74) is 1.01. The van der Waals surface area contributed by atoms with Gasteiger partial charge in [-0.2, -0.15) is 0 Å². The summed E-state index contributed by atoms with van der Waals surface area (Å²) in [6.07, 6.45) is -3.24. The average Bonchev–Trinajstić information content (AvgIpc) is 2.73. The Hall–Kier alpha value is -1.10. The fourth-order valence-corrected chi connectivity index (χ4v) is 3.63. The van der Waals surface area contributed by atoms with E-state index in [2.05, 4.69) is 0 Å². The van der Waals surface area contributed by atoms with Crippen LogP contribution >= 0.6 is 0 Å². The molecular formula is C20H30O8. The fraction of sp³-hybridized carbons (Fsp3) is 0.700. The Balaban J connectivity index is 1.88. The third kappa shape index (κ3) is 3.83. The van der Waals surface area contributed by atoms with Gasteiger partial charge in [0.15, 0.2) is 6.29 Å². The van der Waals surface area contributed by atoms with Gasteiger partial charge in [0.05, 0.1) is 13.2 Å². The van der Waals surface area contributed by atoms with E-state index in [1.54, 1.807) is 13.8 Å². The number of aliphatic hydroxyl groups excluding tert-OH is 1. The first-order chi connectivity index (χ1) is 13.4. The van der Waals surface area contributed by atoms with Crippen molar-refractivity contribution in [3.63, 3.8) is 0 Å². The Morgan fingerprint density at radius 1 is 0.964 bits per heavy atom. The van der Waals surface area contributed by atoms with Crippen molar-refractivity contribution in [2.45, 2.75) is 62.7 Å². The molecule has 158 valence electrons. The standard InChI is InChI=1S/C20H30O8/c1-19(23-4)20(2,24-5)28-16-15(27-19)14(11-21)26-18(22-3)17(16)25-12-13-9-7-6-8-10-13/h6-10,14-18,21H,11-12H2,1-5H3/t14-,15-,16+,17+,18-,19+,20+/m1/s1. The summed E-state index contributed by atoms with van der Waals surface area (Å²) in [4.78, 5) is 0. The van der Waals surface area contributed by atoms with Gasteiger partial charge in [0.25, 0.3) is 0 Å². The van der Waals surface area contributed by atoms with Crippen molar-refractivity contribution in [3.05, 3.63) is 35.9 Å². The van der Waals surface area contributed by atoms with Gasteiger partial charge < -0.3 is 38.3 Å². The molecule has 2 saturated heterocycles. The van der Waals surface area contributed by atoms with Gasteiger partial charge in [0, 0.05) is 21.3 Å². The van der Waals surface area contributed by atoms with Gasteiger partial charge in [-0.15, -0.1) is 0 Å². The summed E-state index contributed by atoms with van der Waals surface area (Å²) in [5, 5.41) is 9.84. The van der Waals surface area contributed by atoms with Crippen LogP contribution in [0.3, 0.4) is 0 Å². The maximum Gasteiger partial charge on any atom is 0.220 e. The zero-order valence-corrected chi connectivity index (χ0v) is 17.0. The summed E-state index contributed by atoms with van der Waals surface area (Å²) in [6.45, 7) is 3.55. The van der Waals surface area contributed by atoms with E-state index >= 15 is 0 Å². The molecule has 0 radical (unpaired) electrons. The van der Waals surface area contributed by atoms with Gasteiger partial charge in [-0.25, -0.2) is 0 Å². The van der Waals surface area contributed by atoms with Crippen molar-refractivity contribution < 1.29 is 38.3 Å². The highest BCUT2D eigenvalue weighted by Crippen LogP contribution is 2.44. The van der Waals surface area contributed by atoms with E-state index in [0.29, 0.717) is 6.61 Å². The lowest BCUT2D eigenvalue weighted by molar-refractivity contribution is -0.481. The Morgan fingerprint density at radius 3 is 2.11 bits per heavy atom. The van der Waals surface area contributed by atoms with E-state index in [9.17, 15) is 5.11 Å². The minimum atomic E-state index is -1.20. The largest absolute Gasteiger partial charge is 0.394 e. The van der Waals surface area contributed by atoms with E-state index in [1.165, 1.54) is 21.3 Å². The number of fused-ring (bicyclic) bond motifs is 1. The van der Waals surface area contributed by atoms with Crippen molar-refractivity contribution in [2.75, 3.05) is 27.9 Å². The topological polar surface area (TPSA) is 84.8 Å². The molecule has 0 aromatic heterocycles. The van der Waals surface area contributed by atoms with Crippen LogP contribution in [0, 0.1) is 0 Å². The minimum absolute atomic E-state index is 0.265. The molecule has 2 aliphatic heterocycles. The second-order valence-corrected chi connectivity index (χ2v) is 7.19. The Labute approximate surface area is 165 Å². The third-order valence-electron chi connectivity index (χ3n) is 5.61. The van der Waals surface area contributed by atoms with Crippen molar-refractivity contribution in [1.29, 1.82) is 0 Å². The monoisotopic (exact) mass is 398 g/mol. The maximum atomic E-state index is 9.84. The molecular weight excluding hydrogens is 368 g/mol. The summed E-state index contributed by atoms with van der Waals surface area (Å²) in [7, 11) is 4.56. The van der Waals surface area contributed by atoms with Crippen LogP contribution in [-0.2, 0) is 39.8 Å². The van der Waals surface area contributed by atoms with Gasteiger partial charge in [-0.05, 0) is 19.4 Å². The number of hydrogen-bond acceptors (Lipinski definition) is 8. The van der Waals surface area contributed by atoms with Crippen LogP contribution in [-0.4, -0.2) is 75.3 Å². The van der Waals surface area contributed by atoms with Crippen LogP contribution in [0.15, 0.2) is 30.3 Å². The second kappa shape index (κ2) is 8.73. The van der Waals surface area contributed by atoms with Crippen LogP contribution in [0.2, 0.25) is 0 Å². The molecule has 7 atom stereocenters. The number of rotatable bonds is 7. The number of ether oxygens (including phenoxy) is 7. The molecule has 1 aromatic rings. The number of hydrogen-bond donors (Lipinski definition) is 1. The molecule has 0 spiro atoms. The number of methoxy groups -OCH3 is 3. The zero-order valence-electron chi connectivity index (χ0n) is 17.0. The van der Waals surface area contributed by atoms with E-state index in [1.807, 2.05) is 30.3 Å². The zero-order chi connectivity index (χ0) is 20.4. The van der Waals surface area contributed by atoms with Crippen LogP contribution < -0.4 is 0 Å². The molecule has 3 rings (SSSR count). The van der Waals surface area contributed by atoms with E-state index in [0.717, 1.165) is 5.56 Å². The van der Waals surface area contributed by atoms with Crippen LogP contribution in [0.1, 0.15) is 19.4 Å². The molecule has 28 heavy (non-hydrogen) atoms. The lowest BCUT2D eigenvalue weighted by Crippen LogP contribution is -2.73. The smallest absolute Gasteiger partial charge is 0.220 e. The van der Waals surface area contributed by atoms with Gasteiger partial charge >= 0.3 is 0 Å². The fourth-order valence-electron chi connectivity index (χ4n) is 3.63.